The second-order valence-corrected chi connectivity index (χ2v) is 7.87. The fourth-order valence-corrected chi connectivity index (χ4v) is 3.85. The molecule has 1 aromatic rings. The molecule has 164 valence electrons. The van der Waals surface area contributed by atoms with Crippen molar-refractivity contribution in [2.75, 3.05) is 30.8 Å². The summed E-state index contributed by atoms with van der Waals surface area (Å²) in [6.45, 7) is 2.01. The molecule has 1 aliphatic carbocycles. The highest BCUT2D eigenvalue weighted by atomic mass is 35.5. The van der Waals surface area contributed by atoms with Crippen LogP contribution in [-0.4, -0.2) is 49.1 Å². The molecule has 2 atom stereocenters. The van der Waals surface area contributed by atoms with Crippen molar-refractivity contribution in [3.8, 4) is 0 Å². The van der Waals surface area contributed by atoms with E-state index in [-0.39, 0.29) is 54.8 Å². The molecule has 1 saturated heterocycles. The molecular weight excluding hydrogens is 413 g/mol. The summed E-state index contributed by atoms with van der Waals surface area (Å²) in [7, 11) is 2.10. The maximum Gasteiger partial charge on any atom is 0.319 e. The van der Waals surface area contributed by atoms with Gasteiger partial charge in [0.25, 0.3) is 0 Å². The van der Waals surface area contributed by atoms with Crippen LogP contribution in [0.15, 0.2) is 24.3 Å². The molecule has 0 aromatic heterocycles. The second-order valence-electron chi connectivity index (χ2n) is 7.87. The van der Waals surface area contributed by atoms with Gasteiger partial charge in [0.05, 0.1) is 0 Å². The molecule has 7 nitrogen and oxygen atoms in total. The lowest BCUT2D eigenvalue weighted by Crippen LogP contribution is -2.44. The molecule has 0 radical (unpaired) electrons. The van der Waals surface area contributed by atoms with Gasteiger partial charge in [-0.1, -0.05) is 6.42 Å². The van der Waals surface area contributed by atoms with Crippen LogP contribution in [0.25, 0.3) is 0 Å². The van der Waals surface area contributed by atoms with Gasteiger partial charge in [0.2, 0.25) is 5.91 Å². The lowest BCUT2D eigenvalue weighted by Gasteiger charge is -2.29. The first-order valence-corrected chi connectivity index (χ1v) is 9.92. The fourth-order valence-electron chi connectivity index (χ4n) is 3.85. The molecule has 9 heteroatoms. The van der Waals surface area contributed by atoms with Crippen molar-refractivity contribution in [2.24, 2.45) is 11.7 Å². The molecule has 1 aromatic carbocycles. The Morgan fingerprint density at radius 1 is 0.966 bits per heavy atom. The van der Waals surface area contributed by atoms with Crippen LogP contribution in [0.5, 0.6) is 0 Å². The number of nitrogens with two attached hydrogens (primary N) is 1. The number of rotatable bonds is 4. The van der Waals surface area contributed by atoms with Crippen LogP contribution in [0.1, 0.15) is 38.5 Å². The summed E-state index contributed by atoms with van der Waals surface area (Å²) in [6.07, 6.45) is 5.61. The molecule has 1 saturated carbocycles. The van der Waals surface area contributed by atoms with Gasteiger partial charge in [0.15, 0.2) is 0 Å². The Hall–Kier alpha value is -1.54. The van der Waals surface area contributed by atoms with E-state index in [1.54, 1.807) is 12.1 Å². The summed E-state index contributed by atoms with van der Waals surface area (Å²) in [5.74, 6) is 0.0257. The summed E-state index contributed by atoms with van der Waals surface area (Å²) in [6, 6.07) is 7.40. The minimum Gasteiger partial charge on any atom is -0.335 e. The monoisotopic (exact) mass is 445 g/mol. The van der Waals surface area contributed by atoms with Gasteiger partial charge in [-0.25, -0.2) is 4.79 Å². The number of urea groups is 1. The summed E-state index contributed by atoms with van der Waals surface area (Å²) in [5.41, 5.74) is 7.41. The molecule has 1 aliphatic heterocycles. The third-order valence-corrected chi connectivity index (χ3v) is 5.55. The number of halogens is 2. The summed E-state index contributed by atoms with van der Waals surface area (Å²) < 4.78 is 0. The van der Waals surface area contributed by atoms with Crippen molar-refractivity contribution in [2.45, 2.75) is 50.6 Å². The standard InChI is InChI=1S/C20H31N5O2.2ClH/c1-25-11-9-18(10-12-25)24-20(27)23-17-7-5-16(6-8-17)22-19(26)14-3-2-4-15(21)13-14;;/h5-8,14-15,18H,2-4,9-13,21H2,1H3,(H,22,26)(H2,23,24,27);2*1H. The van der Waals surface area contributed by atoms with Crippen LogP contribution in [0.2, 0.25) is 0 Å². The number of hydrogen-bond acceptors (Lipinski definition) is 4. The minimum atomic E-state index is -0.183. The van der Waals surface area contributed by atoms with Crippen LogP contribution >= 0.6 is 24.8 Å². The van der Waals surface area contributed by atoms with Gasteiger partial charge in [0, 0.05) is 29.4 Å². The third-order valence-electron chi connectivity index (χ3n) is 5.55. The van der Waals surface area contributed by atoms with Crippen LogP contribution in [0, 0.1) is 5.92 Å². The second kappa shape index (κ2) is 12.2. The molecule has 3 rings (SSSR count). The lowest BCUT2D eigenvalue weighted by atomic mass is 9.85. The zero-order chi connectivity index (χ0) is 19.2. The molecule has 2 fully saturated rings. The highest BCUT2D eigenvalue weighted by Gasteiger charge is 2.25. The van der Waals surface area contributed by atoms with E-state index in [0.29, 0.717) is 5.69 Å². The first-order chi connectivity index (χ1) is 13.0. The van der Waals surface area contributed by atoms with Crippen molar-refractivity contribution in [3.05, 3.63) is 24.3 Å². The molecular formula is C20H33Cl2N5O2. The first-order valence-electron chi connectivity index (χ1n) is 9.92. The molecule has 5 N–H and O–H groups in total. The molecule has 3 amide bonds. The number of likely N-dealkylation sites (tertiary alicyclic amines) is 1. The first kappa shape index (κ1) is 25.5. The Morgan fingerprint density at radius 2 is 1.55 bits per heavy atom. The fraction of sp³-hybridized carbons (Fsp3) is 0.600. The zero-order valence-corrected chi connectivity index (χ0v) is 18.5. The predicted molar refractivity (Wildman–Crippen MR) is 122 cm³/mol. The van der Waals surface area contributed by atoms with Crippen molar-refractivity contribution in [1.29, 1.82) is 0 Å². The Morgan fingerprint density at radius 3 is 2.14 bits per heavy atom. The average molecular weight is 446 g/mol. The maximum absolute atomic E-state index is 12.4. The van der Waals surface area contributed by atoms with Gasteiger partial charge in [-0.3, -0.25) is 4.79 Å². The SMILES string of the molecule is CN1CCC(NC(=O)Nc2ccc(NC(=O)C3CCCC(N)C3)cc2)CC1.Cl.Cl. The van der Waals surface area contributed by atoms with E-state index >= 15 is 0 Å². The Labute approximate surface area is 185 Å². The highest BCUT2D eigenvalue weighted by Crippen LogP contribution is 2.25. The number of benzene rings is 1. The van der Waals surface area contributed by atoms with E-state index in [2.05, 4.69) is 27.9 Å². The number of anilines is 2. The van der Waals surface area contributed by atoms with Crippen LogP contribution in [-0.2, 0) is 4.79 Å². The van der Waals surface area contributed by atoms with Gasteiger partial charge < -0.3 is 26.6 Å². The number of piperidine rings is 1. The largest absolute Gasteiger partial charge is 0.335 e. The molecule has 29 heavy (non-hydrogen) atoms. The van der Waals surface area contributed by atoms with Crippen molar-refractivity contribution >= 4 is 48.1 Å². The third kappa shape index (κ3) is 8.01. The van der Waals surface area contributed by atoms with E-state index < -0.39 is 0 Å². The molecule has 1 heterocycles. The topological polar surface area (TPSA) is 99.5 Å². The number of amides is 3. The molecule has 2 aliphatic rings. The smallest absolute Gasteiger partial charge is 0.319 e. The van der Waals surface area contributed by atoms with Gasteiger partial charge >= 0.3 is 6.03 Å². The van der Waals surface area contributed by atoms with Gasteiger partial charge in [-0.2, -0.15) is 0 Å². The highest BCUT2D eigenvalue weighted by molar-refractivity contribution is 5.93. The van der Waals surface area contributed by atoms with E-state index in [1.807, 2.05) is 12.1 Å². The summed E-state index contributed by atoms with van der Waals surface area (Å²) in [5, 5.41) is 8.84. The average Bonchev–Trinajstić information content (AvgIpc) is 2.65. The van der Waals surface area contributed by atoms with Crippen LogP contribution in [0.4, 0.5) is 16.2 Å². The molecule has 2 unspecified atom stereocenters. The Bertz CT molecular complexity index is 651. The summed E-state index contributed by atoms with van der Waals surface area (Å²) >= 11 is 0. The Balaban J connectivity index is 0.00000210. The normalized spacial score (nSPS) is 22.6. The lowest BCUT2D eigenvalue weighted by molar-refractivity contribution is -0.120. The Kier molecular flexibility index (Phi) is 10.7. The number of carbonyl (C=O) groups excluding carboxylic acids is 2. The van der Waals surface area contributed by atoms with Crippen LogP contribution in [0.3, 0.4) is 0 Å². The number of nitrogens with zero attached hydrogens (tertiary/aromatic N) is 1. The van der Waals surface area contributed by atoms with Crippen LogP contribution < -0.4 is 21.7 Å². The zero-order valence-electron chi connectivity index (χ0n) is 16.9. The maximum atomic E-state index is 12.4. The van der Waals surface area contributed by atoms with E-state index in [9.17, 15) is 9.59 Å². The van der Waals surface area contributed by atoms with Crippen molar-refractivity contribution in [3.63, 3.8) is 0 Å². The molecule has 0 spiro atoms. The van der Waals surface area contributed by atoms with Gasteiger partial charge in [0.1, 0.15) is 0 Å². The van der Waals surface area contributed by atoms with E-state index in [1.165, 1.54) is 0 Å². The van der Waals surface area contributed by atoms with Crippen molar-refractivity contribution < 1.29 is 9.59 Å². The van der Waals surface area contributed by atoms with Gasteiger partial charge in [-0.15, -0.1) is 24.8 Å². The molecule has 0 bridgehead atoms. The predicted octanol–water partition coefficient (Wildman–Crippen LogP) is 3.20. The quantitative estimate of drug-likeness (QED) is 0.571. The minimum absolute atomic E-state index is 0. The van der Waals surface area contributed by atoms with E-state index in [0.717, 1.165) is 57.3 Å². The van der Waals surface area contributed by atoms with E-state index in [4.69, 9.17) is 5.73 Å². The van der Waals surface area contributed by atoms with Gasteiger partial charge in [-0.05, 0) is 76.5 Å². The number of hydrogen-bond donors (Lipinski definition) is 4. The number of carbonyl (C=O) groups is 2. The van der Waals surface area contributed by atoms with Crippen molar-refractivity contribution in [1.82, 2.24) is 10.2 Å². The summed E-state index contributed by atoms with van der Waals surface area (Å²) in [4.78, 5) is 26.8. The number of nitrogens with one attached hydrogen (secondary N) is 3.